The summed E-state index contributed by atoms with van der Waals surface area (Å²) in [7, 11) is 0. The minimum atomic E-state index is -0.467. The molecule has 3 nitrogen and oxygen atoms in total. The zero-order chi connectivity index (χ0) is 24.3. The van der Waals surface area contributed by atoms with Gasteiger partial charge in [-0.2, -0.15) is 0 Å². The van der Waals surface area contributed by atoms with Gasteiger partial charge in [0.25, 0.3) is 0 Å². The smallest absolute Gasteiger partial charge is 0.146 e. The van der Waals surface area contributed by atoms with Gasteiger partial charge in [0, 0.05) is 23.4 Å². The summed E-state index contributed by atoms with van der Waals surface area (Å²) in [6.45, 7) is 4.81. The summed E-state index contributed by atoms with van der Waals surface area (Å²) < 4.78 is 19.9. The van der Waals surface area contributed by atoms with Crippen LogP contribution in [0.15, 0.2) is 65.3 Å². The topological polar surface area (TPSA) is 33.5 Å². The number of rotatable bonds is 7. The highest BCUT2D eigenvalue weighted by Crippen LogP contribution is 2.37. The lowest BCUT2D eigenvalue weighted by atomic mass is 9.69. The van der Waals surface area contributed by atoms with E-state index in [0.717, 1.165) is 79.4 Å². The Morgan fingerprint density at radius 2 is 1.89 bits per heavy atom. The van der Waals surface area contributed by atoms with Crippen LogP contribution < -0.4 is 0 Å². The van der Waals surface area contributed by atoms with E-state index in [1.807, 2.05) is 12.1 Å². The van der Waals surface area contributed by atoms with Gasteiger partial charge in [0.05, 0.1) is 11.7 Å². The molecule has 4 heteroatoms. The highest BCUT2D eigenvalue weighted by atomic mass is 19.1. The predicted octanol–water partition coefficient (Wildman–Crippen LogP) is 7.55. The molecule has 2 aromatic carbocycles. The van der Waals surface area contributed by atoms with Crippen LogP contribution in [0.2, 0.25) is 0 Å². The molecular formula is C31H36FNO2. The monoisotopic (exact) mass is 473 g/mol. The summed E-state index contributed by atoms with van der Waals surface area (Å²) in [5, 5.41) is 0.807. The van der Waals surface area contributed by atoms with E-state index in [1.54, 1.807) is 12.3 Å². The Bertz CT molecular complexity index is 1190. The number of allylic oxidation sites excluding steroid dienone is 1. The summed E-state index contributed by atoms with van der Waals surface area (Å²) in [4.78, 5) is 16.3. The van der Waals surface area contributed by atoms with Crippen LogP contribution in [0.1, 0.15) is 69.4 Å². The fraction of sp³-hybridized carbons (Fsp3) is 0.452. The molecule has 1 aromatic heterocycles. The van der Waals surface area contributed by atoms with Gasteiger partial charge >= 0.3 is 0 Å². The highest BCUT2D eigenvalue weighted by molar-refractivity contribution is 5.92. The van der Waals surface area contributed by atoms with E-state index in [2.05, 4.69) is 42.2 Å². The lowest BCUT2D eigenvalue weighted by Gasteiger charge is -2.35. The summed E-state index contributed by atoms with van der Waals surface area (Å²) in [6, 6.07) is 15.3. The quantitative estimate of drug-likeness (QED) is 0.355. The van der Waals surface area contributed by atoms with Crippen molar-refractivity contribution < 1.29 is 13.6 Å². The number of carbonyl (C=O) groups is 1. The Balaban J connectivity index is 1.33. The molecule has 0 saturated heterocycles. The second-order valence-corrected chi connectivity index (χ2v) is 10.6. The number of hydrogen-bond donors (Lipinski definition) is 0. The molecule has 2 heterocycles. The van der Waals surface area contributed by atoms with Crippen LogP contribution >= 0.6 is 0 Å². The largest absolute Gasteiger partial charge is 0.464 e. The molecule has 0 amide bonds. The van der Waals surface area contributed by atoms with E-state index >= 15 is 0 Å². The van der Waals surface area contributed by atoms with Gasteiger partial charge < -0.3 is 4.42 Å². The predicted molar refractivity (Wildman–Crippen MR) is 140 cm³/mol. The van der Waals surface area contributed by atoms with Crippen molar-refractivity contribution in [2.45, 2.75) is 63.7 Å². The van der Waals surface area contributed by atoms with Gasteiger partial charge in [0.2, 0.25) is 0 Å². The molecule has 0 bridgehead atoms. The average Bonchev–Trinajstić information content (AvgIpc) is 3.24. The molecule has 1 saturated carbocycles. The van der Waals surface area contributed by atoms with Gasteiger partial charge in [0.1, 0.15) is 17.2 Å². The number of benzene rings is 2. The number of carbonyl (C=O) groups excluding carboxylic acids is 1. The third-order valence-corrected chi connectivity index (χ3v) is 8.24. The molecule has 0 radical (unpaired) electrons. The van der Waals surface area contributed by atoms with Crippen molar-refractivity contribution in [2.75, 3.05) is 19.6 Å². The summed E-state index contributed by atoms with van der Waals surface area (Å²) in [6.07, 6.45) is 12.2. The summed E-state index contributed by atoms with van der Waals surface area (Å²) >= 11 is 0. The molecule has 1 aliphatic carbocycles. The number of halogens is 1. The molecule has 1 unspecified atom stereocenters. The van der Waals surface area contributed by atoms with Gasteiger partial charge in [-0.05, 0) is 81.5 Å². The van der Waals surface area contributed by atoms with Crippen molar-refractivity contribution in [3.05, 3.63) is 77.8 Å². The zero-order valence-electron chi connectivity index (χ0n) is 20.8. The molecule has 0 spiro atoms. The van der Waals surface area contributed by atoms with Gasteiger partial charge in [0.15, 0.2) is 0 Å². The molecule has 184 valence electrons. The number of hydrogen-bond acceptors (Lipinski definition) is 3. The average molecular weight is 474 g/mol. The van der Waals surface area contributed by atoms with E-state index in [-0.39, 0.29) is 11.7 Å². The number of ketones is 1. The number of Topliss-reactive ketones (excluding diaryl/α,β-unsaturated/α-hetero) is 1. The molecule has 1 aliphatic heterocycles. The lowest BCUT2D eigenvalue weighted by Crippen LogP contribution is -2.41. The van der Waals surface area contributed by atoms with E-state index in [4.69, 9.17) is 4.42 Å². The van der Waals surface area contributed by atoms with Gasteiger partial charge in [-0.1, -0.05) is 55.7 Å². The second kappa shape index (κ2) is 10.5. The maximum absolute atomic E-state index is 14.2. The summed E-state index contributed by atoms with van der Waals surface area (Å²) in [5.41, 5.74) is 3.46. The van der Waals surface area contributed by atoms with Crippen LogP contribution in [0, 0.1) is 11.7 Å². The van der Waals surface area contributed by atoms with Crippen LogP contribution in [0.4, 0.5) is 4.39 Å². The van der Waals surface area contributed by atoms with Crippen molar-refractivity contribution in [2.24, 2.45) is 5.92 Å². The lowest BCUT2D eigenvalue weighted by molar-refractivity contribution is -0.129. The molecular weight excluding hydrogens is 437 g/mol. The molecule has 3 aromatic rings. The van der Waals surface area contributed by atoms with Crippen LogP contribution in [0.25, 0.3) is 16.5 Å². The van der Waals surface area contributed by atoms with Crippen molar-refractivity contribution in [1.29, 1.82) is 0 Å². The Hall–Kier alpha value is -2.72. The first-order chi connectivity index (χ1) is 17.0. The van der Waals surface area contributed by atoms with Crippen molar-refractivity contribution in [3.8, 4) is 0 Å². The molecule has 2 aliphatic rings. The Morgan fingerprint density at radius 3 is 2.69 bits per heavy atom. The molecule has 1 fully saturated rings. The normalized spacial score (nSPS) is 19.8. The van der Waals surface area contributed by atoms with Crippen LogP contribution in [0.5, 0.6) is 0 Å². The van der Waals surface area contributed by atoms with E-state index in [1.165, 1.54) is 25.3 Å². The Labute approximate surface area is 208 Å². The maximum atomic E-state index is 14.2. The Kier molecular flexibility index (Phi) is 7.19. The summed E-state index contributed by atoms with van der Waals surface area (Å²) in [5.74, 6) is 0.387. The van der Waals surface area contributed by atoms with Crippen LogP contribution in [0.3, 0.4) is 0 Å². The first kappa shape index (κ1) is 24.0. The second-order valence-electron chi connectivity index (χ2n) is 10.6. The minimum absolute atomic E-state index is 0.188. The first-order valence-corrected chi connectivity index (χ1v) is 13.2. The first-order valence-electron chi connectivity index (χ1n) is 13.2. The molecule has 1 atom stereocenters. The Morgan fingerprint density at radius 1 is 1.09 bits per heavy atom. The van der Waals surface area contributed by atoms with Crippen LogP contribution in [-0.4, -0.2) is 30.3 Å². The fourth-order valence-electron chi connectivity index (χ4n) is 6.07. The maximum Gasteiger partial charge on any atom is 0.146 e. The van der Waals surface area contributed by atoms with Gasteiger partial charge in [-0.25, -0.2) is 4.39 Å². The SMILES string of the molecule is CC(CCN1CC=C(c2cc(F)cc3ccoc23)CCC1)(C(=O)C1CCCCC1)c1ccccc1. The standard InChI is InChI=1S/C31H36FNO2/c1-31(26-12-6-3-7-13-26,30(34)24-9-4-2-5-10-24)16-19-33-17-8-11-23(14-18-33)28-22-27(32)21-25-15-20-35-29(25)28/h3,6-7,12-15,20-22,24H,2,4-5,8-11,16-19H2,1H3. The third kappa shape index (κ3) is 5.13. The third-order valence-electron chi connectivity index (χ3n) is 8.24. The van der Waals surface area contributed by atoms with E-state index in [0.29, 0.717) is 5.78 Å². The van der Waals surface area contributed by atoms with Crippen LogP contribution in [-0.2, 0) is 10.2 Å². The van der Waals surface area contributed by atoms with Gasteiger partial charge in [-0.3, -0.25) is 9.69 Å². The minimum Gasteiger partial charge on any atom is -0.464 e. The van der Waals surface area contributed by atoms with E-state index < -0.39 is 5.41 Å². The molecule has 0 N–H and O–H groups in total. The van der Waals surface area contributed by atoms with Gasteiger partial charge in [-0.15, -0.1) is 0 Å². The molecule has 35 heavy (non-hydrogen) atoms. The zero-order valence-corrected chi connectivity index (χ0v) is 20.8. The van der Waals surface area contributed by atoms with E-state index in [9.17, 15) is 9.18 Å². The fourth-order valence-corrected chi connectivity index (χ4v) is 6.07. The van der Waals surface area contributed by atoms with Crippen molar-refractivity contribution >= 4 is 22.3 Å². The highest BCUT2D eigenvalue weighted by Gasteiger charge is 2.39. The number of furan rings is 1. The molecule has 5 rings (SSSR count). The van der Waals surface area contributed by atoms with Crippen molar-refractivity contribution in [3.63, 3.8) is 0 Å². The number of fused-ring (bicyclic) bond motifs is 1. The number of nitrogens with zero attached hydrogens (tertiary/aromatic N) is 1. The van der Waals surface area contributed by atoms with Crippen molar-refractivity contribution in [1.82, 2.24) is 4.90 Å².